The van der Waals surface area contributed by atoms with Gasteiger partial charge in [-0.2, -0.15) is 0 Å². The summed E-state index contributed by atoms with van der Waals surface area (Å²) in [6.45, 7) is 12.6. The van der Waals surface area contributed by atoms with Crippen molar-refractivity contribution in [1.82, 2.24) is 0 Å². The van der Waals surface area contributed by atoms with Gasteiger partial charge in [0.25, 0.3) is 0 Å². The van der Waals surface area contributed by atoms with Crippen LogP contribution in [0.25, 0.3) is 0 Å². The third kappa shape index (κ3) is 4.27. The molecule has 4 rings (SSSR count). The van der Waals surface area contributed by atoms with Crippen molar-refractivity contribution in [2.24, 2.45) is 58.7 Å². The molecule has 0 aromatic rings. The van der Waals surface area contributed by atoms with Gasteiger partial charge < -0.3 is 5.11 Å². The number of fused-ring (bicyclic) bond motifs is 5. The second-order valence-electron chi connectivity index (χ2n) is 13.0. The molecule has 0 spiro atoms. The molecule has 10 atom stereocenters. The Morgan fingerprint density at radius 3 is 2.33 bits per heavy atom. The van der Waals surface area contributed by atoms with Gasteiger partial charge in [0.2, 0.25) is 0 Å². The van der Waals surface area contributed by atoms with Crippen LogP contribution in [0.2, 0.25) is 0 Å². The zero-order valence-electron chi connectivity index (χ0n) is 20.9. The van der Waals surface area contributed by atoms with Gasteiger partial charge in [-0.05, 0) is 123 Å². The van der Waals surface area contributed by atoms with E-state index in [0.29, 0.717) is 5.41 Å². The van der Waals surface area contributed by atoms with E-state index in [9.17, 15) is 5.11 Å². The maximum Gasteiger partial charge on any atom is 0.0543 e. The molecule has 1 N–H and O–H groups in total. The highest BCUT2D eigenvalue weighted by Crippen LogP contribution is 2.65. The van der Waals surface area contributed by atoms with E-state index in [0.717, 1.165) is 66.1 Å². The monoisotopic (exact) mass is 416 g/mol. The van der Waals surface area contributed by atoms with E-state index in [-0.39, 0.29) is 6.10 Å². The van der Waals surface area contributed by atoms with Gasteiger partial charge in [-0.3, -0.25) is 0 Å². The largest absolute Gasteiger partial charge is 0.393 e. The van der Waals surface area contributed by atoms with E-state index in [1.165, 1.54) is 70.6 Å². The van der Waals surface area contributed by atoms with Crippen LogP contribution in [-0.4, -0.2) is 11.2 Å². The fourth-order valence-electron chi connectivity index (χ4n) is 9.66. The first kappa shape index (κ1) is 23.1. The standard InChI is InChI=1S/C29H52O/c1-6-7-21(19(2)3)9-8-20(4)27-14-15-28-26-12-10-22-18-23(30)11-13-24(22)25(26)16-17-29(27,28)5/h19-28,30H,6-18H2,1-5H3/t20-,21?,22+,23?,24?,25?,26?,27?,28?,29?/m1/s1. The van der Waals surface area contributed by atoms with E-state index >= 15 is 0 Å². The molecule has 4 fully saturated rings. The van der Waals surface area contributed by atoms with Crippen molar-refractivity contribution in [1.29, 1.82) is 0 Å². The molecule has 0 amide bonds. The Kier molecular flexibility index (Phi) is 7.28. The molecule has 0 aromatic heterocycles. The maximum atomic E-state index is 10.2. The highest BCUT2D eigenvalue weighted by molar-refractivity contribution is 5.06. The summed E-state index contributed by atoms with van der Waals surface area (Å²) in [6.07, 6.45) is 18.2. The Labute approximate surface area is 188 Å². The molecule has 0 radical (unpaired) electrons. The lowest BCUT2D eigenvalue weighted by Crippen LogP contribution is -2.49. The predicted octanol–water partition coefficient (Wildman–Crippen LogP) is 8.10. The summed E-state index contributed by atoms with van der Waals surface area (Å²) in [5.41, 5.74) is 0.625. The third-order valence-electron chi connectivity index (χ3n) is 11.3. The Hall–Kier alpha value is -0.0400. The van der Waals surface area contributed by atoms with Crippen molar-refractivity contribution in [2.45, 2.75) is 124 Å². The lowest BCUT2D eigenvalue weighted by atomic mass is 9.49. The minimum absolute atomic E-state index is 0.00994. The summed E-state index contributed by atoms with van der Waals surface area (Å²) >= 11 is 0. The van der Waals surface area contributed by atoms with E-state index in [1.54, 1.807) is 0 Å². The maximum absolute atomic E-state index is 10.2. The summed E-state index contributed by atoms with van der Waals surface area (Å²) in [6, 6.07) is 0. The second-order valence-corrected chi connectivity index (χ2v) is 13.0. The molecule has 0 saturated heterocycles. The van der Waals surface area contributed by atoms with Crippen LogP contribution in [0.4, 0.5) is 0 Å². The molecule has 4 saturated carbocycles. The molecule has 1 heteroatoms. The number of aliphatic hydroxyl groups is 1. The number of hydrogen-bond donors (Lipinski definition) is 1. The fraction of sp³-hybridized carbons (Fsp3) is 1.00. The quantitative estimate of drug-likeness (QED) is 0.444. The van der Waals surface area contributed by atoms with Gasteiger partial charge >= 0.3 is 0 Å². The predicted molar refractivity (Wildman–Crippen MR) is 128 cm³/mol. The number of hydrogen-bond acceptors (Lipinski definition) is 1. The number of rotatable bonds is 7. The van der Waals surface area contributed by atoms with Gasteiger partial charge in [-0.25, -0.2) is 0 Å². The lowest BCUT2D eigenvalue weighted by molar-refractivity contribution is -0.0823. The van der Waals surface area contributed by atoms with Crippen LogP contribution in [0.1, 0.15) is 118 Å². The molecule has 30 heavy (non-hydrogen) atoms. The van der Waals surface area contributed by atoms with Crippen LogP contribution in [0.5, 0.6) is 0 Å². The van der Waals surface area contributed by atoms with Gasteiger partial charge in [0.1, 0.15) is 0 Å². The molecule has 4 aliphatic rings. The molecule has 1 nitrogen and oxygen atoms in total. The molecular formula is C29H52O. The topological polar surface area (TPSA) is 20.2 Å². The van der Waals surface area contributed by atoms with Gasteiger partial charge in [0.15, 0.2) is 0 Å². The number of aliphatic hydroxyl groups excluding tert-OH is 1. The van der Waals surface area contributed by atoms with Crippen molar-refractivity contribution < 1.29 is 5.11 Å². The molecule has 4 aliphatic carbocycles. The molecular weight excluding hydrogens is 364 g/mol. The van der Waals surface area contributed by atoms with Crippen LogP contribution in [0, 0.1) is 58.7 Å². The lowest BCUT2D eigenvalue weighted by Gasteiger charge is -2.56. The Morgan fingerprint density at radius 2 is 1.60 bits per heavy atom. The summed E-state index contributed by atoms with van der Waals surface area (Å²) in [5, 5.41) is 10.2. The molecule has 0 aliphatic heterocycles. The average Bonchev–Trinajstić information content (AvgIpc) is 3.07. The van der Waals surface area contributed by atoms with Crippen LogP contribution in [0.3, 0.4) is 0 Å². The fourth-order valence-corrected chi connectivity index (χ4v) is 9.66. The normalized spacial score (nSPS) is 45.5. The molecule has 0 aromatic carbocycles. The summed E-state index contributed by atoms with van der Waals surface area (Å²) in [7, 11) is 0. The minimum Gasteiger partial charge on any atom is -0.393 e. The summed E-state index contributed by atoms with van der Waals surface area (Å²) in [4.78, 5) is 0. The SMILES string of the molecule is CCCC(CC[C@@H](C)C1CCC2C3CC[C@H]4CC(O)CCC4C3CCC21C)C(C)C. The summed E-state index contributed by atoms with van der Waals surface area (Å²) in [5.74, 6) is 8.50. The van der Waals surface area contributed by atoms with Gasteiger partial charge in [0.05, 0.1) is 6.10 Å². The highest BCUT2D eigenvalue weighted by atomic mass is 16.3. The summed E-state index contributed by atoms with van der Waals surface area (Å²) < 4.78 is 0. The minimum atomic E-state index is 0.00994. The van der Waals surface area contributed by atoms with Crippen LogP contribution in [-0.2, 0) is 0 Å². The van der Waals surface area contributed by atoms with Gasteiger partial charge in [-0.1, -0.05) is 53.9 Å². The average molecular weight is 417 g/mol. The molecule has 174 valence electrons. The van der Waals surface area contributed by atoms with Crippen molar-refractivity contribution in [3.63, 3.8) is 0 Å². The zero-order valence-corrected chi connectivity index (χ0v) is 20.9. The molecule has 0 bridgehead atoms. The second kappa shape index (κ2) is 9.44. The van der Waals surface area contributed by atoms with Crippen molar-refractivity contribution in [2.75, 3.05) is 0 Å². The van der Waals surface area contributed by atoms with Crippen LogP contribution < -0.4 is 0 Å². The smallest absolute Gasteiger partial charge is 0.0543 e. The van der Waals surface area contributed by atoms with Gasteiger partial charge in [-0.15, -0.1) is 0 Å². The first-order valence-corrected chi connectivity index (χ1v) is 14.0. The Morgan fingerprint density at radius 1 is 0.833 bits per heavy atom. The zero-order chi connectivity index (χ0) is 21.5. The first-order chi connectivity index (χ1) is 14.3. The molecule has 8 unspecified atom stereocenters. The van der Waals surface area contributed by atoms with Crippen LogP contribution >= 0.6 is 0 Å². The Balaban J connectivity index is 1.40. The Bertz CT molecular complexity index is 555. The first-order valence-electron chi connectivity index (χ1n) is 14.0. The van der Waals surface area contributed by atoms with Crippen LogP contribution in [0.15, 0.2) is 0 Å². The van der Waals surface area contributed by atoms with E-state index in [4.69, 9.17) is 0 Å². The van der Waals surface area contributed by atoms with E-state index in [2.05, 4.69) is 34.6 Å². The van der Waals surface area contributed by atoms with E-state index in [1.807, 2.05) is 0 Å². The van der Waals surface area contributed by atoms with Crippen molar-refractivity contribution in [3.05, 3.63) is 0 Å². The molecule has 0 heterocycles. The highest BCUT2D eigenvalue weighted by Gasteiger charge is 2.57. The van der Waals surface area contributed by atoms with E-state index < -0.39 is 0 Å². The van der Waals surface area contributed by atoms with Gasteiger partial charge in [0, 0.05) is 0 Å². The van der Waals surface area contributed by atoms with Crippen molar-refractivity contribution >= 4 is 0 Å². The third-order valence-corrected chi connectivity index (χ3v) is 11.3. The van der Waals surface area contributed by atoms with Crippen molar-refractivity contribution in [3.8, 4) is 0 Å².